The van der Waals surface area contributed by atoms with Gasteiger partial charge in [-0.15, -0.1) is 0 Å². The standard InChI is InChI=1S/C14H12F3NO5S.C13H11F3O4.C11H6F3NO3.C11H5F3O3.C7H6O2.C6H10O3.C3H7ClO2S.OS/c1-2-7-24(20,21)23-18-12(14(15,16)17)10-8-9-5-3-4-6-11(9)22-13(10)19;1-2-19-11(17)9-7-8-5-3-4-6-10(8)20-12(9,18)13(14,15)16;12-11(13,14)9(15-17)7-5-6-3-1-2-4-8(6)18-10(7)16;12-11(13,14)9(15)7-5-6-3-1-2-4-8(6)17-10(7)16;8-5-6-3-1-2-4-7(6)9;1-3-9-6(8)4-5(2)7;1-2-3-7(4,5)6;1-2/h3-6,8H,2,7H2,1H3;3-7,18H,2H2,1H3;1-5,17H;1-5H;1-5,9H;3-4H2,1-2H3;2-3H2,1H3;/b18-12+;;15-9+;;;;;. The number of para-hydroxylation sites is 5. The first kappa shape index (κ1) is 91.4. The average molecular weight is 1590 g/mol. The molecule has 3 N–H and O–H groups in total. The third-order valence-corrected chi connectivity index (χ3v) is 14.8. The number of halogens is 13. The molecule has 0 aliphatic carbocycles. The highest BCUT2D eigenvalue weighted by atomic mass is 35.7. The van der Waals surface area contributed by atoms with Crippen LogP contribution in [0.5, 0.6) is 11.5 Å². The highest BCUT2D eigenvalue weighted by Crippen LogP contribution is 2.44. The zero-order valence-electron chi connectivity index (χ0n) is 54.9. The van der Waals surface area contributed by atoms with Gasteiger partial charge in [-0.05, 0) is 94.3 Å². The number of nitrogens with zero attached hydrogens (tertiary/aromatic N) is 2. The number of benzene rings is 5. The SMILES string of the molecule is CCCS(=O)(=O)Cl.CCCS(=O)(=O)O/N=C(\c1cc2ccccc2oc1=O)C(F)(F)F.CCOC(=O)C1=Cc2ccccc2OC1(O)C(F)(F)F.CCOC(=O)CC(C)=O.O=C(c1cc2ccccc2oc1=O)C(F)(F)F.O=Cc1ccccc1O.O=S.O=c1oc2ccccc2cc1/C(=N\O)C(F)(F)F. The van der Waals surface area contributed by atoms with E-state index in [-0.39, 0.29) is 75.6 Å². The number of fused-ring (bicyclic) bond motifs is 4. The molecule has 5 aromatic carbocycles. The van der Waals surface area contributed by atoms with Crippen molar-refractivity contribution in [3.63, 3.8) is 0 Å². The fraction of sp³-hybridized carbons (Fsp3) is 0.262. The molecular formula is C65H57ClF12N2O23S3. The summed E-state index contributed by atoms with van der Waals surface area (Å²) in [6, 6.07) is 33.0. The average Bonchev–Trinajstić information content (AvgIpc) is 0.746. The molecule has 0 saturated carbocycles. The van der Waals surface area contributed by atoms with Gasteiger partial charge >= 0.3 is 69.4 Å². The Morgan fingerprint density at radius 1 is 0.594 bits per heavy atom. The van der Waals surface area contributed by atoms with Crippen molar-refractivity contribution in [2.75, 3.05) is 24.7 Å². The van der Waals surface area contributed by atoms with Gasteiger partial charge in [0.05, 0.1) is 41.4 Å². The molecule has 0 amide bonds. The summed E-state index contributed by atoms with van der Waals surface area (Å²) in [6.45, 7) is 8.00. The highest BCUT2D eigenvalue weighted by Gasteiger charge is 2.63. The van der Waals surface area contributed by atoms with E-state index < -0.39 is 124 Å². The summed E-state index contributed by atoms with van der Waals surface area (Å²) in [5.74, 6) is -8.35. The number of carbonyl (C=O) groups excluding carboxylic acids is 5. The number of esters is 2. The van der Waals surface area contributed by atoms with E-state index in [1.54, 1.807) is 74.5 Å². The molecule has 4 heterocycles. The van der Waals surface area contributed by atoms with Gasteiger partial charge in [0, 0.05) is 32.4 Å². The highest BCUT2D eigenvalue weighted by molar-refractivity contribution is 8.13. The number of rotatable bonds is 15. The van der Waals surface area contributed by atoms with Crippen molar-refractivity contribution in [2.45, 2.75) is 84.4 Å². The first-order valence-electron chi connectivity index (χ1n) is 29.3. The predicted molar refractivity (Wildman–Crippen MR) is 356 cm³/mol. The van der Waals surface area contributed by atoms with Crippen LogP contribution in [0.2, 0.25) is 0 Å². The van der Waals surface area contributed by atoms with Crippen LogP contribution in [0.25, 0.3) is 39.0 Å². The molecule has 0 spiro atoms. The summed E-state index contributed by atoms with van der Waals surface area (Å²) in [5.41, 5.74) is -10.1. The normalized spacial score (nSPS) is 13.4. The van der Waals surface area contributed by atoms with Gasteiger partial charge in [-0.1, -0.05) is 109 Å². The Labute approximate surface area is 599 Å². The Kier molecular flexibility index (Phi) is 35.4. The smallest absolute Gasteiger partial charge is 0.460 e. The lowest BCUT2D eigenvalue weighted by molar-refractivity contribution is -0.316. The lowest BCUT2D eigenvalue weighted by Gasteiger charge is -2.34. The molecule has 1 aliphatic rings. The van der Waals surface area contributed by atoms with Crippen LogP contribution < -0.4 is 21.6 Å². The molecule has 106 heavy (non-hydrogen) atoms. The summed E-state index contributed by atoms with van der Waals surface area (Å²) in [6.07, 6.45) is -18.2. The van der Waals surface area contributed by atoms with Crippen LogP contribution >= 0.6 is 10.7 Å². The minimum Gasteiger partial charge on any atom is -0.507 e. The number of hydrogen-bond acceptors (Lipinski definition) is 26. The third kappa shape index (κ3) is 28.7. The van der Waals surface area contributed by atoms with E-state index in [4.69, 9.17) is 34.0 Å². The molecule has 1 atom stereocenters. The molecule has 0 fully saturated rings. The summed E-state index contributed by atoms with van der Waals surface area (Å²) in [5, 5.41) is 32.7. The van der Waals surface area contributed by atoms with Gasteiger partial charge in [-0.2, -0.15) is 65.3 Å². The largest absolute Gasteiger partial charge is 0.507 e. The Morgan fingerprint density at radius 2 is 1.01 bits per heavy atom. The van der Waals surface area contributed by atoms with Crippen molar-refractivity contribution in [1.29, 1.82) is 0 Å². The number of ketones is 2. The molecule has 25 nitrogen and oxygen atoms in total. The number of phenols is 1. The maximum atomic E-state index is 13.2. The van der Waals surface area contributed by atoms with Crippen LogP contribution in [0.1, 0.15) is 91.3 Å². The zero-order chi connectivity index (χ0) is 80.8. The summed E-state index contributed by atoms with van der Waals surface area (Å²) in [7, 11) is -2.67. The van der Waals surface area contributed by atoms with Crippen molar-refractivity contribution >= 4 is 123 Å². The van der Waals surface area contributed by atoms with Gasteiger partial charge in [-0.25, -0.2) is 27.6 Å². The second-order valence-corrected chi connectivity index (χ2v) is 24.7. The van der Waals surface area contributed by atoms with Crippen LogP contribution in [0, 0.1) is 0 Å². The minimum atomic E-state index is -5.18. The van der Waals surface area contributed by atoms with E-state index in [0.717, 1.165) is 24.3 Å². The molecule has 9 rings (SSSR count). The fourth-order valence-electron chi connectivity index (χ4n) is 7.75. The molecule has 3 aromatic heterocycles. The molecule has 0 bridgehead atoms. The second kappa shape index (κ2) is 41.1. The number of aldehydes is 1. The van der Waals surface area contributed by atoms with Crippen LogP contribution in [-0.4, -0.2) is 133 Å². The molecule has 0 radical (unpaired) electrons. The molecule has 574 valence electrons. The monoisotopic (exact) mass is 1590 g/mol. The molecule has 0 saturated heterocycles. The number of aromatic hydroxyl groups is 1. The summed E-state index contributed by atoms with van der Waals surface area (Å²) in [4.78, 5) is 87.8. The van der Waals surface area contributed by atoms with Gasteiger partial charge in [-0.3, -0.25) is 23.5 Å². The molecule has 1 unspecified atom stereocenters. The maximum absolute atomic E-state index is 13.2. The molecule has 8 aromatic rings. The van der Waals surface area contributed by atoms with Crippen molar-refractivity contribution < 1.29 is 145 Å². The van der Waals surface area contributed by atoms with Gasteiger partial charge in [0.15, 0.2) is 30.2 Å². The quantitative estimate of drug-likeness (QED) is 0.00820. The molecule has 1 aliphatic heterocycles. The van der Waals surface area contributed by atoms with E-state index in [1.165, 1.54) is 81.4 Å². The summed E-state index contributed by atoms with van der Waals surface area (Å²) < 4.78 is 235. The number of alkyl halides is 12. The van der Waals surface area contributed by atoms with E-state index in [9.17, 15) is 113 Å². The Morgan fingerprint density at radius 3 is 1.39 bits per heavy atom. The number of ether oxygens (including phenoxy) is 3. The van der Waals surface area contributed by atoms with Gasteiger partial charge < -0.3 is 42.9 Å². The van der Waals surface area contributed by atoms with Crippen LogP contribution in [0.4, 0.5) is 52.7 Å². The number of hydrogen-bond donors (Lipinski definition) is 3. The van der Waals surface area contributed by atoms with Crippen LogP contribution in [0.15, 0.2) is 183 Å². The number of aliphatic hydroxyl groups is 1. The summed E-state index contributed by atoms with van der Waals surface area (Å²) >= 11 is 2.83. The minimum absolute atomic E-state index is 0.0347. The van der Waals surface area contributed by atoms with Gasteiger partial charge in [0.1, 0.15) is 51.6 Å². The topological polar surface area (TPSA) is 384 Å². The lowest BCUT2D eigenvalue weighted by Crippen LogP contribution is -2.55. The predicted octanol–water partition coefficient (Wildman–Crippen LogP) is 12.5. The molecule has 41 heteroatoms. The number of Topliss-reactive ketones (excluding diaryl/α,β-unsaturated/α-hetero) is 2. The van der Waals surface area contributed by atoms with E-state index in [2.05, 4.69) is 45.8 Å². The number of phenolic OH excluding ortho intramolecular Hbond substituents is 1. The van der Waals surface area contributed by atoms with Crippen molar-refractivity contribution in [1.82, 2.24) is 0 Å². The Balaban J connectivity index is 0.000000433. The van der Waals surface area contributed by atoms with Crippen molar-refractivity contribution in [3.05, 3.63) is 204 Å². The second-order valence-electron chi connectivity index (χ2n) is 20.2. The van der Waals surface area contributed by atoms with E-state index >= 15 is 0 Å². The molecular weight excluding hydrogens is 1540 g/mol. The third-order valence-electron chi connectivity index (χ3n) is 12.2. The first-order chi connectivity index (χ1) is 49.3. The fourth-order valence-corrected chi connectivity index (χ4v) is 9.46. The Hall–Kier alpha value is -10.7. The van der Waals surface area contributed by atoms with Crippen LogP contribution in [0.3, 0.4) is 0 Å². The van der Waals surface area contributed by atoms with Crippen molar-refractivity contribution in [2.24, 2.45) is 10.3 Å². The number of carbonyl (C=O) groups is 5. The van der Waals surface area contributed by atoms with Crippen LogP contribution in [-0.2, 0) is 59.8 Å². The number of oxime groups is 2. The van der Waals surface area contributed by atoms with E-state index in [1.807, 2.05) is 0 Å². The van der Waals surface area contributed by atoms with Gasteiger partial charge in [0.25, 0.3) is 5.78 Å². The van der Waals surface area contributed by atoms with E-state index in [0.29, 0.717) is 30.3 Å². The first-order valence-corrected chi connectivity index (χ1v) is 33.7. The van der Waals surface area contributed by atoms with Gasteiger partial charge in [0.2, 0.25) is 9.05 Å². The zero-order valence-corrected chi connectivity index (χ0v) is 58.1. The maximum Gasteiger partial charge on any atom is 0.460 e. The lowest BCUT2D eigenvalue weighted by atomic mass is 9.98. The van der Waals surface area contributed by atoms with Crippen molar-refractivity contribution in [3.8, 4) is 11.5 Å². The Bertz CT molecular complexity index is 4890.